The standard InChI is InChI=1S/C20H21N9O2/c1-2-13(14-5-3-4-8-21-14)24-18-26-16-11(9-15-17(30)27-20(31)25-15)10-22-29(16)19(28-18)23-12-6-7-12/h3-5,8-10,12-13,30H,2,6-7H2,1H3,(H,23,24,28)(H2,25,27,31)/b11-9+. The maximum absolute atomic E-state index is 11.5. The number of hydrogen-bond acceptors (Lipinski definition) is 8. The van der Waals surface area contributed by atoms with Gasteiger partial charge in [0.1, 0.15) is 5.69 Å². The molecule has 1 saturated carbocycles. The number of nitrogens with one attached hydrogen (secondary N) is 3. The molecule has 5 rings (SSSR count). The highest BCUT2D eigenvalue weighted by Gasteiger charge is 2.21. The minimum absolute atomic E-state index is 0.0714. The average Bonchev–Trinajstić information content (AvgIpc) is 3.41. The highest BCUT2D eigenvalue weighted by Crippen LogP contribution is 2.22. The van der Waals surface area contributed by atoms with Crippen molar-refractivity contribution >= 4 is 17.7 Å². The number of imidazole rings is 1. The van der Waals surface area contributed by atoms with Crippen molar-refractivity contribution in [3.05, 3.63) is 63.3 Å². The van der Waals surface area contributed by atoms with E-state index < -0.39 is 5.69 Å². The van der Waals surface area contributed by atoms with E-state index in [0.29, 0.717) is 22.4 Å². The van der Waals surface area contributed by atoms with Crippen LogP contribution in [0, 0.1) is 0 Å². The van der Waals surface area contributed by atoms with Crippen molar-refractivity contribution in [2.75, 3.05) is 5.32 Å². The van der Waals surface area contributed by atoms with Crippen molar-refractivity contribution in [3.63, 3.8) is 0 Å². The Kier molecular flexibility index (Phi) is 4.69. The van der Waals surface area contributed by atoms with Gasteiger partial charge in [0.15, 0.2) is 5.65 Å². The minimum Gasteiger partial charge on any atom is -0.493 e. The zero-order chi connectivity index (χ0) is 21.4. The number of aromatic hydroxyl groups is 1. The third kappa shape index (κ3) is 3.89. The van der Waals surface area contributed by atoms with Gasteiger partial charge >= 0.3 is 5.69 Å². The molecular formula is C20H21N9O2. The molecular weight excluding hydrogens is 398 g/mol. The monoisotopic (exact) mass is 419 g/mol. The molecule has 11 nitrogen and oxygen atoms in total. The van der Waals surface area contributed by atoms with E-state index in [9.17, 15) is 9.90 Å². The van der Waals surface area contributed by atoms with Gasteiger partial charge in [0.2, 0.25) is 11.8 Å². The highest BCUT2D eigenvalue weighted by atomic mass is 16.3. The summed E-state index contributed by atoms with van der Waals surface area (Å²) in [5.74, 6) is 0.159. The fourth-order valence-electron chi connectivity index (χ4n) is 3.27. The Balaban J connectivity index is 1.64. The smallest absolute Gasteiger partial charge is 0.326 e. The van der Waals surface area contributed by atoms with E-state index in [1.165, 1.54) is 0 Å². The van der Waals surface area contributed by atoms with E-state index in [1.807, 2.05) is 18.2 Å². The van der Waals surface area contributed by atoms with E-state index in [4.69, 9.17) is 0 Å². The summed E-state index contributed by atoms with van der Waals surface area (Å²) in [5.41, 5.74) is 1.60. The van der Waals surface area contributed by atoms with Gasteiger partial charge in [0, 0.05) is 11.4 Å². The van der Waals surface area contributed by atoms with E-state index in [2.05, 4.69) is 47.3 Å². The van der Waals surface area contributed by atoms with Gasteiger partial charge in [-0.25, -0.2) is 9.79 Å². The molecule has 4 aromatic heterocycles. The van der Waals surface area contributed by atoms with Gasteiger partial charge < -0.3 is 15.4 Å². The summed E-state index contributed by atoms with van der Waals surface area (Å²) in [6, 6.07) is 5.95. The van der Waals surface area contributed by atoms with E-state index in [1.54, 1.807) is 23.0 Å². The van der Waals surface area contributed by atoms with Crippen LogP contribution in [-0.2, 0) is 0 Å². The number of nitrogens with zero attached hydrogens (tertiary/aromatic N) is 6. The molecule has 0 bridgehead atoms. The molecule has 1 fully saturated rings. The van der Waals surface area contributed by atoms with Crippen molar-refractivity contribution in [2.24, 2.45) is 4.99 Å². The average molecular weight is 419 g/mol. The Labute approximate surface area is 175 Å². The van der Waals surface area contributed by atoms with E-state index in [-0.39, 0.29) is 23.7 Å². The van der Waals surface area contributed by atoms with E-state index in [0.717, 1.165) is 25.0 Å². The number of aromatic amines is 2. The lowest BCUT2D eigenvalue weighted by atomic mass is 10.1. The molecule has 0 aliphatic heterocycles. The van der Waals surface area contributed by atoms with Crippen LogP contribution in [0.4, 0.5) is 5.95 Å². The quantitative estimate of drug-likeness (QED) is 0.354. The highest BCUT2D eigenvalue weighted by molar-refractivity contribution is 5.57. The van der Waals surface area contributed by atoms with Crippen molar-refractivity contribution in [3.8, 4) is 5.88 Å². The molecule has 11 heteroatoms. The zero-order valence-electron chi connectivity index (χ0n) is 16.8. The first kappa shape index (κ1) is 19.0. The van der Waals surface area contributed by atoms with Crippen LogP contribution in [-0.4, -0.2) is 45.7 Å². The molecule has 158 valence electrons. The summed E-state index contributed by atoms with van der Waals surface area (Å²) in [7, 11) is 0. The Morgan fingerprint density at radius 1 is 1.35 bits per heavy atom. The molecule has 4 aromatic rings. The largest absolute Gasteiger partial charge is 0.493 e. The van der Waals surface area contributed by atoms with Crippen molar-refractivity contribution < 1.29 is 5.11 Å². The van der Waals surface area contributed by atoms with Crippen molar-refractivity contribution in [2.45, 2.75) is 38.3 Å². The Hall–Kier alpha value is -4.02. The van der Waals surface area contributed by atoms with Crippen LogP contribution in [0.2, 0.25) is 0 Å². The summed E-state index contributed by atoms with van der Waals surface area (Å²) < 4.78 is 1.57. The second kappa shape index (κ2) is 7.67. The minimum atomic E-state index is -0.497. The molecule has 0 spiro atoms. The summed E-state index contributed by atoms with van der Waals surface area (Å²) in [6.07, 6.45) is 7.80. The van der Waals surface area contributed by atoms with Gasteiger partial charge in [0.05, 0.1) is 24.0 Å². The lowest BCUT2D eigenvalue weighted by Crippen LogP contribution is -2.26. The van der Waals surface area contributed by atoms with Gasteiger partial charge in [-0.1, -0.05) is 13.0 Å². The second-order valence-electron chi connectivity index (χ2n) is 7.39. The van der Waals surface area contributed by atoms with Gasteiger partial charge in [-0.05, 0) is 37.5 Å². The maximum atomic E-state index is 11.5. The SMILES string of the molecule is CCC(Nc1nc(=NC2CC2)n2nc/c(=C\c3[nH]c(=O)[nH]c3O)c2n1)c1ccccn1. The summed E-state index contributed by atoms with van der Waals surface area (Å²) in [6.45, 7) is 2.06. The number of fused-ring (bicyclic) bond motifs is 1. The first-order valence-electron chi connectivity index (χ1n) is 10.1. The molecule has 0 aromatic carbocycles. The molecule has 1 unspecified atom stereocenters. The molecule has 1 aliphatic carbocycles. The molecule has 0 radical (unpaired) electrons. The molecule has 4 heterocycles. The fourth-order valence-corrected chi connectivity index (χ4v) is 3.27. The molecule has 1 aliphatic rings. The van der Waals surface area contributed by atoms with Crippen LogP contribution in [0.15, 0.2) is 40.4 Å². The lowest BCUT2D eigenvalue weighted by molar-refractivity contribution is 0.454. The summed E-state index contributed by atoms with van der Waals surface area (Å²) >= 11 is 0. The van der Waals surface area contributed by atoms with Crippen LogP contribution in [0.1, 0.15) is 43.6 Å². The predicted octanol–water partition coefficient (Wildman–Crippen LogP) is 0.415. The van der Waals surface area contributed by atoms with Crippen LogP contribution in [0.5, 0.6) is 5.88 Å². The number of anilines is 1. The van der Waals surface area contributed by atoms with Gasteiger partial charge in [-0.3, -0.25) is 9.97 Å². The van der Waals surface area contributed by atoms with Gasteiger partial charge in [0.25, 0.3) is 5.62 Å². The number of hydrogen-bond donors (Lipinski definition) is 4. The first-order chi connectivity index (χ1) is 15.1. The van der Waals surface area contributed by atoms with Crippen LogP contribution < -0.4 is 21.8 Å². The molecule has 1 atom stereocenters. The Morgan fingerprint density at radius 3 is 2.90 bits per heavy atom. The van der Waals surface area contributed by atoms with Crippen LogP contribution in [0.25, 0.3) is 11.7 Å². The fraction of sp³-hybridized carbons (Fsp3) is 0.300. The third-order valence-corrected chi connectivity index (χ3v) is 5.01. The number of rotatable bonds is 6. The Bertz CT molecular complexity index is 1400. The number of aromatic nitrogens is 7. The zero-order valence-corrected chi connectivity index (χ0v) is 16.8. The maximum Gasteiger partial charge on any atom is 0.326 e. The molecule has 4 N–H and O–H groups in total. The third-order valence-electron chi connectivity index (χ3n) is 5.01. The van der Waals surface area contributed by atoms with Crippen molar-refractivity contribution in [1.82, 2.24) is 34.5 Å². The molecule has 31 heavy (non-hydrogen) atoms. The number of pyridine rings is 1. The normalized spacial score (nSPS) is 16.2. The second-order valence-corrected chi connectivity index (χ2v) is 7.39. The molecule has 0 amide bonds. The van der Waals surface area contributed by atoms with Gasteiger partial charge in [-0.2, -0.15) is 19.6 Å². The van der Waals surface area contributed by atoms with E-state index >= 15 is 0 Å². The first-order valence-corrected chi connectivity index (χ1v) is 10.1. The van der Waals surface area contributed by atoms with Crippen molar-refractivity contribution in [1.29, 1.82) is 0 Å². The Morgan fingerprint density at radius 2 is 2.23 bits per heavy atom. The number of H-pyrrole nitrogens is 2. The molecule has 0 saturated heterocycles. The predicted molar refractivity (Wildman–Crippen MR) is 112 cm³/mol. The summed E-state index contributed by atoms with van der Waals surface area (Å²) in [5, 5.41) is 18.2. The van der Waals surface area contributed by atoms with Gasteiger partial charge in [-0.15, -0.1) is 0 Å². The topological polar surface area (TPSA) is 149 Å². The van der Waals surface area contributed by atoms with Crippen LogP contribution >= 0.6 is 0 Å². The van der Waals surface area contributed by atoms with Crippen LogP contribution in [0.3, 0.4) is 0 Å². The summed E-state index contributed by atoms with van der Waals surface area (Å²) in [4.78, 5) is 34.6. The lowest BCUT2D eigenvalue weighted by Gasteiger charge is -2.16.